The second kappa shape index (κ2) is 8.30. The highest BCUT2D eigenvalue weighted by Crippen LogP contribution is 2.28. The van der Waals surface area contributed by atoms with Gasteiger partial charge < -0.3 is 15.4 Å². The molecule has 0 bridgehead atoms. The lowest BCUT2D eigenvalue weighted by atomic mass is 9.92. The van der Waals surface area contributed by atoms with Crippen molar-refractivity contribution >= 4 is 17.8 Å². The molecule has 1 saturated heterocycles. The number of amides is 4. The zero-order chi connectivity index (χ0) is 21.0. The summed E-state index contributed by atoms with van der Waals surface area (Å²) in [5, 5.41) is 5.29. The number of ether oxygens (including phenoxy) is 1. The number of hydrogen-bond donors (Lipinski definition) is 2. The molecule has 1 heterocycles. The molecule has 1 aliphatic rings. The van der Waals surface area contributed by atoms with Crippen LogP contribution >= 0.6 is 0 Å². The molecular formula is C21H22FN3O4. The predicted octanol–water partition coefficient (Wildman–Crippen LogP) is 1.96. The van der Waals surface area contributed by atoms with Crippen LogP contribution < -0.4 is 15.4 Å². The van der Waals surface area contributed by atoms with Crippen LogP contribution in [0.5, 0.6) is 5.75 Å². The minimum Gasteiger partial charge on any atom is -0.496 e. The van der Waals surface area contributed by atoms with Crippen LogP contribution in [0.4, 0.5) is 9.18 Å². The number of hydrogen-bond acceptors (Lipinski definition) is 4. The van der Waals surface area contributed by atoms with Gasteiger partial charge in [-0.2, -0.15) is 0 Å². The molecule has 2 aromatic carbocycles. The highest BCUT2D eigenvalue weighted by molar-refractivity contribution is 6.09. The summed E-state index contributed by atoms with van der Waals surface area (Å²) in [4.78, 5) is 38.2. The van der Waals surface area contributed by atoms with Gasteiger partial charge in [0.25, 0.3) is 5.91 Å². The lowest BCUT2D eigenvalue weighted by molar-refractivity contribution is -0.134. The van der Waals surface area contributed by atoms with Crippen LogP contribution in [0, 0.1) is 5.82 Å². The number of halogens is 1. The van der Waals surface area contributed by atoms with Crippen LogP contribution in [0.3, 0.4) is 0 Å². The molecule has 1 unspecified atom stereocenters. The second-order valence-corrected chi connectivity index (χ2v) is 6.87. The van der Waals surface area contributed by atoms with Crippen molar-refractivity contribution in [3.63, 3.8) is 0 Å². The van der Waals surface area contributed by atoms with Crippen LogP contribution in [0.2, 0.25) is 0 Å². The van der Waals surface area contributed by atoms with E-state index in [9.17, 15) is 18.8 Å². The fourth-order valence-electron chi connectivity index (χ4n) is 3.27. The normalized spacial score (nSPS) is 18.5. The first-order chi connectivity index (χ1) is 13.8. The standard InChI is InChI=1S/C21H22FN3O4/c1-21(15-7-9-16(22)10-8-15)19(27)25(20(28)24-21)13-18(26)23-12-11-14-5-3-4-6-17(14)29-2/h3-10H,11-13H2,1-2H3,(H,23,26)(H,24,28). The van der Waals surface area contributed by atoms with E-state index in [-0.39, 0.29) is 0 Å². The molecule has 7 nitrogen and oxygen atoms in total. The Morgan fingerprint density at radius 1 is 1.17 bits per heavy atom. The van der Waals surface area contributed by atoms with Crippen molar-refractivity contribution in [3.8, 4) is 5.75 Å². The number of urea groups is 1. The maximum atomic E-state index is 13.2. The maximum absolute atomic E-state index is 13.2. The number of carbonyl (C=O) groups excluding carboxylic acids is 3. The fraction of sp³-hybridized carbons (Fsp3) is 0.286. The van der Waals surface area contributed by atoms with Gasteiger partial charge in [-0.05, 0) is 42.7 Å². The maximum Gasteiger partial charge on any atom is 0.325 e. The van der Waals surface area contributed by atoms with Crippen molar-refractivity contribution in [2.24, 2.45) is 0 Å². The van der Waals surface area contributed by atoms with E-state index in [1.807, 2.05) is 24.3 Å². The quantitative estimate of drug-likeness (QED) is 0.697. The molecule has 0 aliphatic carbocycles. The van der Waals surface area contributed by atoms with Gasteiger partial charge in [-0.25, -0.2) is 9.18 Å². The van der Waals surface area contributed by atoms with Crippen LogP contribution in [0.25, 0.3) is 0 Å². The van der Waals surface area contributed by atoms with Crippen molar-refractivity contribution in [2.75, 3.05) is 20.2 Å². The smallest absolute Gasteiger partial charge is 0.325 e. The van der Waals surface area contributed by atoms with Crippen molar-refractivity contribution < 1.29 is 23.5 Å². The van der Waals surface area contributed by atoms with E-state index in [0.717, 1.165) is 16.2 Å². The predicted molar refractivity (Wildman–Crippen MR) is 104 cm³/mol. The third-order valence-corrected chi connectivity index (χ3v) is 4.91. The topological polar surface area (TPSA) is 87.7 Å². The van der Waals surface area contributed by atoms with Gasteiger partial charge in [0.2, 0.25) is 5.91 Å². The monoisotopic (exact) mass is 399 g/mol. The fourth-order valence-corrected chi connectivity index (χ4v) is 3.27. The second-order valence-electron chi connectivity index (χ2n) is 6.87. The largest absolute Gasteiger partial charge is 0.496 e. The molecule has 8 heteroatoms. The minimum absolute atomic E-state index is 0.331. The van der Waals surface area contributed by atoms with Crippen molar-refractivity contribution in [1.29, 1.82) is 0 Å². The van der Waals surface area contributed by atoms with E-state index in [0.29, 0.717) is 18.5 Å². The summed E-state index contributed by atoms with van der Waals surface area (Å²) in [6, 6.07) is 12.1. The van der Waals surface area contributed by atoms with E-state index >= 15 is 0 Å². The van der Waals surface area contributed by atoms with Crippen molar-refractivity contribution in [2.45, 2.75) is 18.9 Å². The first-order valence-electron chi connectivity index (χ1n) is 9.14. The Labute approximate surface area is 167 Å². The Kier molecular flexibility index (Phi) is 5.81. The van der Waals surface area contributed by atoms with E-state index in [1.54, 1.807) is 7.11 Å². The summed E-state index contributed by atoms with van der Waals surface area (Å²) in [6.45, 7) is 1.46. The number of para-hydroxylation sites is 1. The molecule has 4 amide bonds. The summed E-state index contributed by atoms with van der Waals surface area (Å²) in [7, 11) is 1.58. The number of rotatable bonds is 7. The minimum atomic E-state index is -1.34. The molecule has 152 valence electrons. The van der Waals surface area contributed by atoms with Crippen LogP contribution in [-0.4, -0.2) is 42.9 Å². The molecule has 0 aromatic heterocycles. The SMILES string of the molecule is COc1ccccc1CCNC(=O)CN1C(=O)NC(C)(c2ccc(F)cc2)C1=O. The zero-order valence-corrected chi connectivity index (χ0v) is 16.2. The zero-order valence-electron chi connectivity index (χ0n) is 16.2. The van der Waals surface area contributed by atoms with Crippen LogP contribution in [0.1, 0.15) is 18.1 Å². The molecule has 1 fully saturated rings. The van der Waals surface area contributed by atoms with E-state index in [4.69, 9.17) is 4.74 Å². The molecule has 0 radical (unpaired) electrons. The van der Waals surface area contributed by atoms with E-state index in [2.05, 4.69) is 10.6 Å². The Bertz CT molecular complexity index is 932. The summed E-state index contributed by atoms with van der Waals surface area (Å²) < 4.78 is 18.4. The van der Waals surface area contributed by atoms with Gasteiger partial charge in [0.1, 0.15) is 23.7 Å². The molecule has 0 spiro atoms. The number of benzene rings is 2. The summed E-state index contributed by atoms with van der Waals surface area (Å²) >= 11 is 0. The molecule has 2 N–H and O–H groups in total. The number of nitrogens with one attached hydrogen (secondary N) is 2. The van der Waals surface area contributed by atoms with Crippen molar-refractivity contribution in [3.05, 3.63) is 65.5 Å². The highest BCUT2D eigenvalue weighted by Gasteiger charge is 2.49. The van der Waals surface area contributed by atoms with Gasteiger partial charge in [-0.3, -0.25) is 14.5 Å². The van der Waals surface area contributed by atoms with Crippen molar-refractivity contribution in [1.82, 2.24) is 15.5 Å². The summed E-state index contributed by atoms with van der Waals surface area (Å²) in [5.74, 6) is -0.730. The lowest BCUT2D eigenvalue weighted by Crippen LogP contribution is -2.43. The number of carbonyl (C=O) groups is 3. The summed E-state index contributed by atoms with van der Waals surface area (Å²) in [5.41, 5.74) is 0.0353. The number of methoxy groups -OCH3 is 1. The number of imide groups is 1. The molecule has 1 aliphatic heterocycles. The Morgan fingerprint density at radius 2 is 1.86 bits per heavy atom. The van der Waals surface area contributed by atoms with Gasteiger partial charge in [-0.15, -0.1) is 0 Å². The van der Waals surface area contributed by atoms with Gasteiger partial charge in [-0.1, -0.05) is 30.3 Å². The average Bonchev–Trinajstić information content (AvgIpc) is 2.92. The summed E-state index contributed by atoms with van der Waals surface area (Å²) in [6.07, 6.45) is 0.545. The van der Waals surface area contributed by atoms with Gasteiger partial charge >= 0.3 is 6.03 Å². The average molecular weight is 399 g/mol. The molecule has 0 saturated carbocycles. The third kappa shape index (κ3) is 4.21. The van der Waals surface area contributed by atoms with E-state index < -0.39 is 35.7 Å². The van der Waals surface area contributed by atoms with Crippen LogP contribution in [-0.2, 0) is 21.5 Å². The first kappa shape index (κ1) is 20.3. The Balaban J connectivity index is 1.59. The third-order valence-electron chi connectivity index (χ3n) is 4.91. The molecule has 29 heavy (non-hydrogen) atoms. The van der Waals surface area contributed by atoms with Gasteiger partial charge in [0.15, 0.2) is 0 Å². The molecule has 1 atom stereocenters. The highest BCUT2D eigenvalue weighted by atomic mass is 19.1. The molecular weight excluding hydrogens is 377 g/mol. The Morgan fingerprint density at radius 3 is 2.55 bits per heavy atom. The Hall–Kier alpha value is -3.42. The lowest BCUT2D eigenvalue weighted by Gasteiger charge is -2.22. The molecule has 3 rings (SSSR count). The van der Waals surface area contributed by atoms with E-state index in [1.165, 1.54) is 31.2 Å². The van der Waals surface area contributed by atoms with Gasteiger partial charge in [0.05, 0.1) is 7.11 Å². The first-order valence-corrected chi connectivity index (χ1v) is 9.14. The van der Waals surface area contributed by atoms with Crippen LogP contribution in [0.15, 0.2) is 48.5 Å². The number of nitrogens with zero attached hydrogens (tertiary/aromatic N) is 1. The molecule has 2 aromatic rings. The van der Waals surface area contributed by atoms with Gasteiger partial charge in [0, 0.05) is 6.54 Å².